The molecule has 0 spiro atoms. The number of rotatable bonds is 12. The van der Waals surface area contributed by atoms with E-state index in [-0.39, 0.29) is 18.7 Å². The van der Waals surface area contributed by atoms with Crippen LogP contribution >= 0.6 is 9.24 Å². The highest BCUT2D eigenvalue weighted by molar-refractivity contribution is 7.17. The molecule has 0 amide bonds. The quantitative estimate of drug-likeness (QED) is 0.150. The molecule has 210 valence electrons. The first-order valence-electron chi connectivity index (χ1n) is 12.6. The molecule has 0 N–H and O–H groups in total. The molecule has 39 heavy (non-hydrogen) atoms. The van der Waals surface area contributed by atoms with Gasteiger partial charge in [0.25, 0.3) is 5.66 Å². The van der Waals surface area contributed by atoms with Crippen LogP contribution in [0.2, 0.25) is 0 Å². The molecule has 1 aromatic heterocycles. The molecule has 0 radical (unpaired) electrons. The first kappa shape index (κ1) is 30.4. The molecule has 2 aromatic carbocycles. The number of hydrogen-bond donors (Lipinski definition) is 0. The zero-order valence-corrected chi connectivity index (χ0v) is 24.3. The minimum atomic E-state index is -3.01. The van der Waals surface area contributed by atoms with Gasteiger partial charge in [-0.05, 0) is 70.4 Å². The highest BCUT2D eigenvalue weighted by Crippen LogP contribution is 2.36. The number of aromatic nitrogens is 1. The fraction of sp³-hybridized carbons (Fsp3) is 0.414. The molecule has 0 aliphatic carbocycles. The predicted molar refractivity (Wildman–Crippen MR) is 148 cm³/mol. The van der Waals surface area contributed by atoms with E-state index in [9.17, 15) is 18.4 Å². The van der Waals surface area contributed by atoms with Crippen molar-refractivity contribution >= 4 is 21.5 Å². The van der Waals surface area contributed by atoms with Crippen LogP contribution in [0.15, 0.2) is 40.8 Å². The van der Waals surface area contributed by atoms with E-state index in [0.29, 0.717) is 41.7 Å². The molecule has 0 aliphatic rings. The number of halogens is 2. The topological polar surface area (TPSA) is 81.9 Å². The van der Waals surface area contributed by atoms with Crippen molar-refractivity contribution in [2.75, 3.05) is 13.2 Å². The van der Waals surface area contributed by atoms with Crippen molar-refractivity contribution in [1.82, 2.24) is 9.88 Å². The van der Waals surface area contributed by atoms with Gasteiger partial charge in [-0.2, -0.15) is 8.78 Å². The van der Waals surface area contributed by atoms with Gasteiger partial charge in [0.1, 0.15) is 17.8 Å². The second-order valence-corrected chi connectivity index (χ2v) is 10.7. The lowest BCUT2D eigenvalue weighted by Gasteiger charge is -2.27. The molecule has 1 unspecified atom stereocenters. The third-order valence-electron chi connectivity index (χ3n) is 6.17. The summed E-state index contributed by atoms with van der Waals surface area (Å²) in [7, 11) is 1.52. The van der Waals surface area contributed by atoms with Gasteiger partial charge in [0, 0.05) is 24.2 Å². The summed E-state index contributed by atoms with van der Waals surface area (Å²) in [4.78, 5) is 30.3. The van der Waals surface area contributed by atoms with E-state index in [1.54, 1.807) is 39.8 Å². The van der Waals surface area contributed by atoms with E-state index < -0.39 is 17.2 Å². The van der Waals surface area contributed by atoms with Crippen LogP contribution in [0, 0.1) is 20.8 Å². The molecule has 3 aromatic rings. The molecule has 10 heteroatoms. The summed E-state index contributed by atoms with van der Waals surface area (Å²) in [6.45, 7) is 11.9. The first-order valence-corrected chi connectivity index (χ1v) is 13.2. The molecular formula is C29H35F2N2O5P. The average molecular weight is 561 g/mol. The first-order chi connectivity index (χ1) is 18.2. The number of benzene rings is 2. The maximum atomic E-state index is 13.5. The number of alkyl halides is 2. The number of aldehydes is 1. The Labute approximate surface area is 230 Å². The zero-order valence-electron chi connectivity index (χ0n) is 23.1. The molecule has 0 bridgehead atoms. The van der Waals surface area contributed by atoms with E-state index in [0.717, 1.165) is 23.0 Å². The molecule has 0 fully saturated rings. The average Bonchev–Trinajstić information content (AvgIpc) is 3.21. The van der Waals surface area contributed by atoms with Crippen LogP contribution in [-0.2, 0) is 33.1 Å². The maximum absolute atomic E-state index is 13.5. The van der Waals surface area contributed by atoms with Crippen molar-refractivity contribution in [1.29, 1.82) is 0 Å². The van der Waals surface area contributed by atoms with Gasteiger partial charge in [-0.3, -0.25) is 4.90 Å². The van der Waals surface area contributed by atoms with Crippen LogP contribution in [0.5, 0.6) is 5.75 Å². The molecule has 0 saturated carbocycles. The minimum absolute atomic E-state index is 0.122. The molecule has 3 rings (SSSR count). The second kappa shape index (κ2) is 12.3. The monoisotopic (exact) mass is 560 g/mol. The summed E-state index contributed by atoms with van der Waals surface area (Å²) in [5.74, 6) is 1.08. The number of carbonyl (C=O) groups is 2. The number of carbonyl (C=O) groups excluding carboxylic acids is 2. The fourth-order valence-electron chi connectivity index (χ4n) is 4.19. The Hall–Kier alpha value is -3.16. The van der Waals surface area contributed by atoms with Crippen LogP contribution in [0.4, 0.5) is 8.78 Å². The number of oxazole rings is 1. The van der Waals surface area contributed by atoms with E-state index in [2.05, 4.69) is 4.98 Å². The molecule has 1 heterocycles. The maximum Gasteiger partial charge on any atom is 0.349 e. The lowest BCUT2D eigenvalue weighted by molar-refractivity contribution is -0.158. The third-order valence-corrected chi connectivity index (χ3v) is 6.50. The molecule has 0 saturated heterocycles. The number of aryl methyl sites for hydroxylation is 3. The Morgan fingerprint density at radius 2 is 1.72 bits per heavy atom. The molecule has 0 aliphatic heterocycles. The van der Waals surface area contributed by atoms with Crippen LogP contribution in [0.25, 0.3) is 11.5 Å². The molecular weight excluding hydrogens is 525 g/mol. The van der Waals surface area contributed by atoms with Gasteiger partial charge in [-0.15, -0.1) is 0 Å². The van der Waals surface area contributed by atoms with E-state index in [1.807, 2.05) is 30.9 Å². The van der Waals surface area contributed by atoms with Crippen molar-refractivity contribution < 1.29 is 32.3 Å². The summed E-state index contributed by atoms with van der Waals surface area (Å²) in [6, 6.07) is 9.70. The smallest absolute Gasteiger partial charge is 0.349 e. The zero-order chi connectivity index (χ0) is 29.0. The fourth-order valence-corrected chi connectivity index (χ4v) is 4.38. The third kappa shape index (κ3) is 7.70. The summed E-state index contributed by atoms with van der Waals surface area (Å²) < 4.78 is 44.0. The summed E-state index contributed by atoms with van der Waals surface area (Å²) in [5, 5.41) is 0. The second-order valence-electron chi connectivity index (χ2n) is 9.95. The molecule has 7 nitrogen and oxygen atoms in total. The highest BCUT2D eigenvalue weighted by atomic mass is 31.0. The SMILES string of the molecule is CCOC(=O)C(C)(C)Oc1c(C)cc(CN(CC=O)Cc2nc(-c3ccc(C(F)(F)P)cc3)oc2C)cc1C. The van der Waals surface area contributed by atoms with Crippen molar-refractivity contribution in [3.05, 3.63) is 70.1 Å². The van der Waals surface area contributed by atoms with Crippen molar-refractivity contribution in [3.63, 3.8) is 0 Å². The normalized spacial score (nSPS) is 12.1. The minimum Gasteiger partial charge on any atom is -0.476 e. The predicted octanol–water partition coefficient (Wildman–Crippen LogP) is 6.11. The summed E-state index contributed by atoms with van der Waals surface area (Å²) in [6.07, 6.45) is 0.830. The van der Waals surface area contributed by atoms with Crippen LogP contribution < -0.4 is 4.74 Å². The van der Waals surface area contributed by atoms with Gasteiger partial charge >= 0.3 is 5.97 Å². The number of hydrogen-bond acceptors (Lipinski definition) is 7. The Balaban J connectivity index is 1.78. The lowest BCUT2D eigenvalue weighted by atomic mass is 10.0. The van der Waals surface area contributed by atoms with Crippen LogP contribution in [0.1, 0.15) is 54.5 Å². The van der Waals surface area contributed by atoms with Crippen molar-refractivity contribution in [2.24, 2.45) is 0 Å². The largest absolute Gasteiger partial charge is 0.476 e. The standard InChI is InChI=1S/C29H35F2N2O5P/c1-7-36-27(35)28(5,6)38-25-18(2)14-21(15-19(25)3)16-33(12-13-34)17-24-20(4)37-26(32-24)22-8-10-23(11-9-22)29(30,31)39/h8-11,13-15H,7,12,16-17,39H2,1-6H3. The van der Waals surface area contributed by atoms with Crippen LogP contribution in [0.3, 0.4) is 0 Å². The van der Waals surface area contributed by atoms with Gasteiger partial charge in [0.05, 0.1) is 18.8 Å². The van der Waals surface area contributed by atoms with Crippen molar-refractivity contribution in [3.8, 4) is 17.2 Å². The summed E-state index contributed by atoms with van der Waals surface area (Å²) >= 11 is 0. The Bertz CT molecular complexity index is 1290. The highest BCUT2D eigenvalue weighted by Gasteiger charge is 2.32. The number of esters is 1. The number of nitrogens with zero attached hydrogens (tertiary/aromatic N) is 2. The van der Waals surface area contributed by atoms with Gasteiger partial charge in [0.2, 0.25) is 5.89 Å². The van der Waals surface area contributed by atoms with E-state index in [1.165, 1.54) is 21.4 Å². The van der Waals surface area contributed by atoms with Gasteiger partial charge < -0.3 is 18.7 Å². The van der Waals surface area contributed by atoms with E-state index >= 15 is 0 Å². The van der Waals surface area contributed by atoms with Gasteiger partial charge in [-0.25, -0.2) is 9.78 Å². The van der Waals surface area contributed by atoms with Crippen LogP contribution in [-0.4, -0.2) is 40.9 Å². The number of ether oxygens (including phenoxy) is 2. The van der Waals surface area contributed by atoms with Gasteiger partial charge in [-0.1, -0.05) is 33.5 Å². The van der Waals surface area contributed by atoms with E-state index in [4.69, 9.17) is 13.9 Å². The Kier molecular flexibility index (Phi) is 9.62. The molecule has 1 atom stereocenters. The summed E-state index contributed by atoms with van der Waals surface area (Å²) in [5.41, 5.74) is -0.375. The van der Waals surface area contributed by atoms with Gasteiger partial charge in [0.15, 0.2) is 5.60 Å². The Morgan fingerprint density at radius 3 is 2.26 bits per heavy atom. The van der Waals surface area contributed by atoms with Crippen molar-refractivity contribution in [2.45, 2.75) is 65.9 Å². The lowest BCUT2D eigenvalue weighted by Crippen LogP contribution is -2.40. The Morgan fingerprint density at radius 1 is 1.10 bits per heavy atom.